The van der Waals surface area contributed by atoms with Crippen LogP contribution in [0.15, 0.2) is 36.7 Å². The van der Waals surface area contributed by atoms with Crippen molar-refractivity contribution in [1.29, 1.82) is 0 Å². The standard InChI is InChI=1S/C20H25N3O2/c1-22-11-9-21-19(22)14-6-5-10-23(13-14)20(24)17-12-16(17)15-7-3-4-8-18(15)25-2/h3-4,7-9,11,14,16-17H,5-6,10,12-13H2,1-2H3/t14-,16-,17+/m0/s1. The molecule has 0 radical (unpaired) electrons. The molecule has 0 bridgehead atoms. The van der Waals surface area contributed by atoms with E-state index in [0.717, 1.165) is 43.9 Å². The number of carbonyl (C=O) groups excluding carboxylic acids is 1. The summed E-state index contributed by atoms with van der Waals surface area (Å²) >= 11 is 0. The maximum Gasteiger partial charge on any atom is 0.226 e. The van der Waals surface area contributed by atoms with Gasteiger partial charge in [-0.05, 0) is 36.8 Å². The Morgan fingerprint density at radius 2 is 2.16 bits per heavy atom. The lowest BCUT2D eigenvalue weighted by molar-refractivity contribution is -0.133. The van der Waals surface area contributed by atoms with Gasteiger partial charge in [0, 0.05) is 44.4 Å². The van der Waals surface area contributed by atoms with Crippen molar-refractivity contribution in [3.8, 4) is 5.75 Å². The van der Waals surface area contributed by atoms with E-state index in [1.54, 1.807) is 7.11 Å². The van der Waals surface area contributed by atoms with Gasteiger partial charge in [-0.25, -0.2) is 4.98 Å². The van der Waals surface area contributed by atoms with Gasteiger partial charge in [-0.3, -0.25) is 4.79 Å². The van der Waals surface area contributed by atoms with Gasteiger partial charge >= 0.3 is 0 Å². The van der Waals surface area contributed by atoms with Gasteiger partial charge < -0.3 is 14.2 Å². The van der Waals surface area contributed by atoms with E-state index in [4.69, 9.17) is 4.74 Å². The number of nitrogens with zero attached hydrogens (tertiary/aromatic N) is 3. The first-order chi connectivity index (χ1) is 12.2. The zero-order valence-electron chi connectivity index (χ0n) is 14.9. The molecule has 1 aliphatic heterocycles. The van der Waals surface area contributed by atoms with Crippen molar-refractivity contribution in [2.75, 3.05) is 20.2 Å². The zero-order valence-corrected chi connectivity index (χ0v) is 14.9. The normalized spacial score (nSPS) is 25.7. The second kappa shape index (κ2) is 6.54. The SMILES string of the molecule is COc1ccccc1[C@@H]1C[C@H]1C(=O)N1CCC[C@H](c2nccn2C)C1. The third-order valence-corrected chi connectivity index (χ3v) is 5.60. The lowest BCUT2D eigenvalue weighted by atomic mass is 9.96. The highest BCUT2D eigenvalue weighted by molar-refractivity contribution is 5.83. The van der Waals surface area contributed by atoms with E-state index in [1.165, 1.54) is 5.56 Å². The predicted octanol–water partition coefficient (Wildman–Crippen LogP) is 2.94. The second-order valence-corrected chi connectivity index (χ2v) is 7.21. The third kappa shape index (κ3) is 3.03. The molecule has 25 heavy (non-hydrogen) atoms. The van der Waals surface area contributed by atoms with Crippen LogP contribution in [0.2, 0.25) is 0 Å². The van der Waals surface area contributed by atoms with Gasteiger partial charge in [0.25, 0.3) is 0 Å². The predicted molar refractivity (Wildman–Crippen MR) is 95.6 cm³/mol. The van der Waals surface area contributed by atoms with Crippen LogP contribution in [0.4, 0.5) is 0 Å². The van der Waals surface area contributed by atoms with Crippen LogP contribution in [0.25, 0.3) is 0 Å². The Kier molecular flexibility index (Phi) is 4.24. The molecule has 5 nitrogen and oxygen atoms in total. The van der Waals surface area contributed by atoms with Gasteiger partial charge in [0.2, 0.25) is 5.91 Å². The summed E-state index contributed by atoms with van der Waals surface area (Å²) in [7, 11) is 3.72. The van der Waals surface area contributed by atoms with Crippen molar-refractivity contribution in [3.05, 3.63) is 48.0 Å². The Morgan fingerprint density at radius 1 is 1.32 bits per heavy atom. The number of rotatable bonds is 4. The number of aromatic nitrogens is 2. The molecule has 1 amide bonds. The molecule has 0 spiro atoms. The van der Waals surface area contributed by atoms with Gasteiger partial charge in [0.1, 0.15) is 11.6 Å². The quantitative estimate of drug-likeness (QED) is 0.860. The number of aryl methyl sites for hydroxylation is 1. The average Bonchev–Trinajstić information content (AvgIpc) is 3.34. The van der Waals surface area contributed by atoms with Crippen LogP contribution in [0.5, 0.6) is 5.75 Å². The van der Waals surface area contributed by atoms with Gasteiger partial charge in [0.15, 0.2) is 0 Å². The molecule has 1 aliphatic carbocycles. The van der Waals surface area contributed by atoms with Crippen molar-refractivity contribution < 1.29 is 9.53 Å². The monoisotopic (exact) mass is 339 g/mol. The Morgan fingerprint density at radius 3 is 2.92 bits per heavy atom. The summed E-state index contributed by atoms with van der Waals surface area (Å²) in [6.45, 7) is 1.66. The summed E-state index contributed by atoms with van der Waals surface area (Å²) in [5, 5.41) is 0. The molecule has 2 heterocycles. The number of benzene rings is 1. The number of carbonyl (C=O) groups is 1. The molecule has 2 fully saturated rings. The zero-order chi connectivity index (χ0) is 17.4. The first-order valence-electron chi connectivity index (χ1n) is 9.08. The van der Waals surface area contributed by atoms with E-state index in [2.05, 4.69) is 20.5 Å². The number of hydrogen-bond acceptors (Lipinski definition) is 3. The number of hydrogen-bond donors (Lipinski definition) is 0. The highest BCUT2D eigenvalue weighted by Crippen LogP contribution is 2.51. The number of amides is 1. The number of likely N-dealkylation sites (tertiary alicyclic amines) is 1. The van der Waals surface area contributed by atoms with E-state index < -0.39 is 0 Å². The summed E-state index contributed by atoms with van der Waals surface area (Å²) in [5.41, 5.74) is 1.17. The molecule has 0 unspecified atom stereocenters. The Balaban J connectivity index is 1.44. The fourth-order valence-electron chi connectivity index (χ4n) is 4.18. The summed E-state index contributed by atoms with van der Waals surface area (Å²) in [5.74, 6) is 3.05. The third-order valence-electron chi connectivity index (χ3n) is 5.60. The van der Waals surface area contributed by atoms with E-state index in [1.807, 2.05) is 37.6 Å². The van der Waals surface area contributed by atoms with Gasteiger partial charge in [-0.2, -0.15) is 0 Å². The molecule has 3 atom stereocenters. The minimum atomic E-state index is 0.108. The molecule has 2 aliphatic rings. The summed E-state index contributed by atoms with van der Waals surface area (Å²) in [4.78, 5) is 19.5. The van der Waals surface area contributed by atoms with Gasteiger partial charge in [-0.15, -0.1) is 0 Å². The van der Waals surface area contributed by atoms with Crippen LogP contribution in [-0.2, 0) is 11.8 Å². The lowest BCUT2D eigenvalue weighted by Crippen LogP contribution is -2.40. The summed E-state index contributed by atoms with van der Waals surface area (Å²) in [6, 6.07) is 8.07. The molecule has 1 saturated heterocycles. The van der Waals surface area contributed by atoms with E-state index in [-0.39, 0.29) is 5.92 Å². The van der Waals surface area contributed by atoms with Crippen molar-refractivity contribution in [3.63, 3.8) is 0 Å². The molecular formula is C20H25N3O2. The second-order valence-electron chi connectivity index (χ2n) is 7.21. The Hall–Kier alpha value is -2.30. The van der Waals surface area contributed by atoms with Crippen molar-refractivity contribution in [1.82, 2.24) is 14.5 Å². The van der Waals surface area contributed by atoms with Gasteiger partial charge in [0.05, 0.1) is 7.11 Å². The van der Waals surface area contributed by atoms with Gasteiger partial charge in [-0.1, -0.05) is 18.2 Å². The highest BCUT2D eigenvalue weighted by Gasteiger charge is 2.47. The maximum atomic E-state index is 13.0. The number of methoxy groups -OCH3 is 1. The fourth-order valence-corrected chi connectivity index (χ4v) is 4.18. The molecular weight excluding hydrogens is 314 g/mol. The molecule has 1 aromatic heterocycles. The Bertz CT molecular complexity index is 770. The lowest BCUT2D eigenvalue weighted by Gasteiger charge is -2.32. The van der Waals surface area contributed by atoms with Crippen LogP contribution in [0, 0.1) is 5.92 Å². The van der Waals surface area contributed by atoms with Crippen molar-refractivity contribution in [2.45, 2.75) is 31.1 Å². The van der Waals surface area contributed by atoms with Crippen LogP contribution < -0.4 is 4.74 Å². The molecule has 4 rings (SSSR count). The average molecular weight is 339 g/mol. The van der Waals surface area contributed by atoms with Crippen LogP contribution in [0.3, 0.4) is 0 Å². The topological polar surface area (TPSA) is 47.4 Å². The number of piperidine rings is 1. The fraction of sp³-hybridized carbons (Fsp3) is 0.500. The highest BCUT2D eigenvalue weighted by atomic mass is 16.5. The molecule has 5 heteroatoms. The van der Waals surface area contributed by atoms with Crippen LogP contribution in [0.1, 0.15) is 42.5 Å². The minimum Gasteiger partial charge on any atom is -0.496 e. The van der Waals surface area contributed by atoms with Crippen molar-refractivity contribution >= 4 is 5.91 Å². The molecule has 1 saturated carbocycles. The van der Waals surface area contributed by atoms with Crippen LogP contribution >= 0.6 is 0 Å². The van der Waals surface area contributed by atoms with Crippen molar-refractivity contribution in [2.24, 2.45) is 13.0 Å². The first-order valence-corrected chi connectivity index (χ1v) is 9.08. The largest absolute Gasteiger partial charge is 0.496 e. The molecule has 0 N–H and O–H groups in total. The van der Waals surface area contributed by atoms with E-state index in [0.29, 0.717) is 17.7 Å². The molecule has 132 valence electrons. The number of imidazole rings is 1. The first kappa shape index (κ1) is 16.2. The van der Waals surface area contributed by atoms with E-state index >= 15 is 0 Å². The number of para-hydroxylation sites is 1. The summed E-state index contributed by atoms with van der Waals surface area (Å²) in [6.07, 6.45) is 6.91. The molecule has 1 aromatic carbocycles. The molecule has 2 aromatic rings. The van der Waals surface area contributed by atoms with Crippen LogP contribution in [-0.4, -0.2) is 40.6 Å². The van der Waals surface area contributed by atoms with E-state index in [9.17, 15) is 4.79 Å². The number of ether oxygens (including phenoxy) is 1. The summed E-state index contributed by atoms with van der Waals surface area (Å²) < 4.78 is 7.54. The Labute approximate surface area is 148 Å². The smallest absolute Gasteiger partial charge is 0.226 e. The maximum absolute atomic E-state index is 13.0. The minimum absolute atomic E-state index is 0.108.